The number of nitrogens with one attached hydrogen (secondary N) is 1. The molecule has 0 bridgehead atoms. The summed E-state index contributed by atoms with van der Waals surface area (Å²) in [6, 6.07) is 15.3. The Balaban J connectivity index is 1.62. The number of carbonyl (C=O) groups excluding carboxylic acids is 1. The number of aromatic nitrogens is 2. The van der Waals surface area contributed by atoms with E-state index in [1.165, 1.54) is 6.42 Å². The van der Waals surface area contributed by atoms with Crippen molar-refractivity contribution in [3.63, 3.8) is 0 Å². The molecule has 1 fully saturated rings. The number of imidazole rings is 1. The van der Waals surface area contributed by atoms with Crippen LogP contribution >= 0.6 is 11.6 Å². The van der Waals surface area contributed by atoms with E-state index in [1.54, 1.807) is 0 Å². The summed E-state index contributed by atoms with van der Waals surface area (Å²) in [4.78, 5) is 18.2. The fourth-order valence-corrected chi connectivity index (χ4v) is 4.71. The lowest BCUT2D eigenvalue weighted by Crippen LogP contribution is -2.31. The van der Waals surface area contributed by atoms with Gasteiger partial charge in [-0.15, -0.1) is 0 Å². The van der Waals surface area contributed by atoms with E-state index in [4.69, 9.17) is 21.3 Å². The first-order valence-corrected chi connectivity index (χ1v) is 10.9. The highest BCUT2D eigenvalue weighted by atomic mass is 35.5. The molecule has 6 heteroatoms. The summed E-state index contributed by atoms with van der Waals surface area (Å²) in [5.41, 5.74) is 4.22. The molecule has 0 amide bonds. The molecule has 1 atom stereocenters. The van der Waals surface area contributed by atoms with Crippen molar-refractivity contribution in [3.05, 3.63) is 70.4 Å². The largest absolute Gasteiger partial charge is 0.459 e. The van der Waals surface area contributed by atoms with Gasteiger partial charge in [0.1, 0.15) is 6.10 Å². The molecule has 154 valence electrons. The van der Waals surface area contributed by atoms with Gasteiger partial charge in [-0.25, -0.2) is 9.78 Å². The molecule has 5 nitrogen and oxygen atoms in total. The molecule has 2 aliphatic rings. The molecule has 0 spiro atoms. The highest BCUT2D eigenvalue weighted by Crippen LogP contribution is 2.40. The number of ether oxygens (including phenoxy) is 1. The number of halogens is 1. The zero-order valence-electron chi connectivity index (χ0n) is 16.9. The Labute approximate surface area is 180 Å². The lowest BCUT2D eigenvalue weighted by atomic mass is 9.94. The summed E-state index contributed by atoms with van der Waals surface area (Å²) < 4.78 is 8.07. The van der Waals surface area contributed by atoms with Gasteiger partial charge in [-0.3, -0.25) is 4.57 Å². The van der Waals surface area contributed by atoms with Gasteiger partial charge >= 0.3 is 5.97 Å². The van der Waals surface area contributed by atoms with Gasteiger partial charge in [-0.2, -0.15) is 0 Å². The highest BCUT2D eigenvalue weighted by Gasteiger charge is 2.36. The van der Waals surface area contributed by atoms with Crippen LogP contribution in [0, 0.1) is 0 Å². The Kier molecular flexibility index (Phi) is 4.99. The van der Waals surface area contributed by atoms with Gasteiger partial charge in [-0.1, -0.05) is 42.3 Å². The minimum atomic E-state index is -0.331. The van der Waals surface area contributed by atoms with Crippen LogP contribution in [-0.4, -0.2) is 21.6 Å². The van der Waals surface area contributed by atoms with Crippen molar-refractivity contribution in [2.75, 3.05) is 5.32 Å². The lowest BCUT2D eigenvalue weighted by molar-refractivity contribution is -0.146. The molecule has 1 aromatic heterocycles. The summed E-state index contributed by atoms with van der Waals surface area (Å²) >= 11 is 6.15. The smallest absolute Gasteiger partial charge is 0.338 e. The van der Waals surface area contributed by atoms with Gasteiger partial charge in [0.2, 0.25) is 5.95 Å². The number of anilines is 1. The third kappa shape index (κ3) is 3.37. The number of hydrogen-bond acceptors (Lipinski definition) is 4. The first kappa shape index (κ1) is 19.2. The van der Waals surface area contributed by atoms with E-state index in [9.17, 15) is 4.79 Å². The van der Waals surface area contributed by atoms with Crippen molar-refractivity contribution in [1.29, 1.82) is 0 Å². The Bertz CT molecular complexity index is 1130. The van der Waals surface area contributed by atoms with Crippen molar-refractivity contribution in [3.8, 4) is 0 Å². The van der Waals surface area contributed by atoms with Gasteiger partial charge < -0.3 is 10.1 Å². The average molecular weight is 422 g/mol. The molecular formula is C24H24ClN3O2. The third-order valence-electron chi connectivity index (χ3n) is 6.06. The van der Waals surface area contributed by atoms with Gasteiger partial charge in [0, 0.05) is 10.7 Å². The number of carbonyl (C=O) groups is 1. The Morgan fingerprint density at radius 3 is 2.60 bits per heavy atom. The summed E-state index contributed by atoms with van der Waals surface area (Å²) in [6.07, 6.45) is 5.33. The third-order valence-corrected chi connectivity index (χ3v) is 6.31. The van der Waals surface area contributed by atoms with E-state index in [-0.39, 0.29) is 18.1 Å². The molecule has 2 heterocycles. The topological polar surface area (TPSA) is 56.2 Å². The standard InChI is InChI=1S/C24H24ClN3O2/c1-15-21(23(29)30-18-7-3-2-4-8-18)22(16-11-13-17(25)14-12-16)28-20-10-6-5-9-19(20)27-24(28)26-15/h5-6,9-14,18,22H,2-4,7-8H2,1H3,(H,26,27). The van der Waals surface area contributed by atoms with E-state index in [0.29, 0.717) is 10.6 Å². The maximum absolute atomic E-state index is 13.4. The van der Waals surface area contributed by atoms with Crippen LogP contribution in [0.4, 0.5) is 5.95 Å². The molecule has 5 rings (SSSR count). The fraction of sp³-hybridized carbons (Fsp3) is 0.333. The van der Waals surface area contributed by atoms with Crippen LogP contribution in [0.15, 0.2) is 59.8 Å². The second kappa shape index (κ2) is 7.80. The predicted octanol–water partition coefficient (Wildman–Crippen LogP) is 5.85. The molecule has 1 N–H and O–H groups in total. The van der Waals surface area contributed by atoms with Crippen molar-refractivity contribution in [2.24, 2.45) is 0 Å². The van der Waals surface area contributed by atoms with Crippen molar-refractivity contribution in [2.45, 2.75) is 51.2 Å². The molecular weight excluding hydrogens is 398 g/mol. The molecule has 0 radical (unpaired) electrons. The van der Waals surface area contributed by atoms with Crippen LogP contribution in [0.1, 0.15) is 50.6 Å². The Hall–Kier alpha value is -2.79. The van der Waals surface area contributed by atoms with E-state index >= 15 is 0 Å². The minimum absolute atomic E-state index is 0.00153. The van der Waals surface area contributed by atoms with Crippen LogP contribution in [0.25, 0.3) is 11.0 Å². The number of rotatable bonds is 3. The SMILES string of the molecule is CC1=C(C(=O)OC2CCCCC2)C(c2ccc(Cl)cc2)n2c(nc3ccccc32)N1. The number of benzene rings is 2. The maximum atomic E-state index is 13.4. The quantitative estimate of drug-likeness (QED) is 0.538. The van der Waals surface area contributed by atoms with Gasteiger partial charge in [-0.05, 0) is 62.4 Å². The molecule has 3 aromatic rings. The first-order chi connectivity index (χ1) is 14.6. The zero-order chi connectivity index (χ0) is 20.7. The zero-order valence-corrected chi connectivity index (χ0v) is 17.7. The van der Waals surface area contributed by atoms with E-state index in [2.05, 4.69) is 9.88 Å². The monoisotopic (exact) mass is 421 g/mol. The maximum Gasteiger partial charge on any atom is 0.338 e. The van der Waals surface area contributed by atoms with E-state index in [0.717, 1.165) is 53.9 Å². The van der Waals surface area contributed by atoms with Crippen LogP contribution < -0.4 is 5.32 Å². The molecule has 30 heavy (non-hydrogen) atoms. The number of esters is 1. The van der Waals surface area contributed by atoms with Crippen LogP contribution in [-0.2, 0) is 9.53 Å². The van der Waals surface area contributed by atoms with Crippen molar-refractivity contribution in [1.82, 2.24) is 9.55 Å². The normalized spacial score (nSPS) is 19.5. The molecule has 2 aromatic carbocycles. The second-order valence-corrected chi connectivity index (χ2v) is 8.51. The summed E-state index contributed by atoms with van der Waals surface area (Å²) in [5.74, 6) is 0.471. The fourth-order valence-electron chi connectivity index (χ4n) is 4.59. The molecule has 1 unspecified atom stereocenters. The molecule has 1 aliphatic heterocycles. The van der Waals surface area contributed by atoms with Gasteiger partial charge in [0.15, 0.2) is 0 Å². The average Bonchev–Trinajstić information content (AvgIpc) is 3.12. The number of nitrogens with zero attached hydrogens (tertiary/aromatic N) is 2. The number of hydrogen-bond donors (Lipinski definition) is 1. The lowest BCUT2D eigenvalue weighted by Gasteiger charge is -2.31. The summed E-state index contributed by atoms with van der Waals surface area (Å²) in [5, 5.41) is 4.00. The number of allylic oxidation sites excluding steroid dienone is 1. The predicted molar refractivity (Wildman–Crippen MR) is 119 cm³/mol. The highest BCUT2D eigenvalue weighted by molar-refractivity contribution is 6.30. The molecule has 1 aliphatic carbocycles. The summed E-state index contributed by atoms with van der Waals surface area (Å²) in [6.45, 7) is 1.92. The Morgan fingerprint density at radius 2 is 1.83 bits per heavy atom. The van der Waals surface area contributed by atoms with Crippen LogP contribution in [0.2, 0.25) is 5.02 Å². The van der Waals surface area contributed by atoms with Crippen molar-refractivity contribution < 1.29 is 9.53 Å². The first-order valence-electron chi connectivity index (χ1n) is 10.5. The van der Waals surface area contributed by atoms with E-state index < -0.39 is 0 Å². The second-order valence-electron chi connectivity index (χ2n) is 8.08. The van der Waals surface area contributed by atoms with Gasteiger partial charge in [0.05, 0.1) is 22.6 Å². The summed E-state index contributed by atoms with van der Waals surface area (Å²) in [7, 11) is 0. The van der Waals surface area contributed by atoms with Crippen LogP contribution in [0.5, 0.6) is 0 Å². The minimum Gasteiger partial charge on any atom is -0.459 e. The number of para-hydroxylation sites is 2. The number of fused-ring (bicyclic) bond motifs is 3. The van der Waals surface area contributed by atoms with E-state index in [1.807, 2.05) is 55.5 Å². The van der Waals surface area contributed by atoms with Gasteiger partial charge in [0.25, 0.3) is 0 Å². The van der Waals surface area contributed by atoms with Crippen molar-refractivity contribution >= 4 is 34.6 Å². The molecule has 1 saturated carbocycles. The Morgan fingerprint density at radius 1 is 1.10 bits per heavy atom. The molecule has 0 saturated heterocycles. The van der Waals surface area contributed by atoms with Crippen LogP contribution in [0.3, 0.4) is 0 Å².